The van der Waals surface area contributed by atoms with Crippen molar-refractivity contribution in [2.45, 2.75) is 32.6 Å². The standard InChI is InChI=1S/C26H25F3O/c1-3-4-5-16-30-22-14-15-23(24(27)17-22)20-11-7-19(8-12-20)9-13-21-10-6-18(2)25(28)26(21)29/h3,6-8,10-12,14-15,17H,1,4-5,9,13,16H2,2H3. The van der Waals surface area contributed by atoms with Crippen molar-refractivity contribution in [2.75, 3.05) is 6.61 Å². The van der Waals surface area contributed by atoms with Gasteiger partial charge in [0.15, 0.2) is 11.6 Å². The maximum Gasteiger partial charge on any atom is 0.162 e. The van der Waals surface area contributed by atoms with E-state index in [9.17, 15) is 13.2 Å². The van der Waals surface area contributed by atoms with Gasteiger partial charge in [-0.05, 0) is 67.0 Å². The molecule has 4 heteroatoms. The molecule has 0 bridgehead atoms. The van der Waals surface area contributed by atoms with Crippen LogP contribution in [-0.2, 0) is 12.8 Å². The Morgan fingerprint density at radius 2 is 1.67 bits per heavy atom. The van der Waals surface area contributed by atoms with Crippen LogP contribution < -0.4 is 4.74 Å². The Balaban J connectivity index is 1.64. The molecule has 3 rings (SSSR count). The molecule has 0 unspecified atom stereocenters. The minimum atomic E-state index is -0.786. The van der Waals surface area contributed by atoms with Gasteiger partial charge in [-0.25, -0.2) is 13.2 Å². The van der Waals surface area contributed by atoms with Crippen LogP contribution in [0.25, 0.3) is 11.1 Å². The molecule has 1 nitrogen and oxygen atoms in total. The fourth-order valence-electron chi connectivity index (χ4n) is 3.25. The summed E-state index contributed by atoms with van der Waals surface area (Å²) in [7, 11) is 0. The largest absolute Gasteiger partial charge is 0.493 e. The van der Waals surface area contributed by atoms with Gasteiger partial charge in [0, 0.05) is 11.6 Å². The molecule has 0 aliphatic carbocycles. The van der Waals surface area contributed by atoms with Crippen LogP contribution in [0.2, 0.25) is 0 Å². The molecule has 0 spiro atoms. The Bertz CT molecular complexity index is 1010. The lowest BCUT2D eigenvalue weighted by Crippen LogP contribution is -1.99. The van der Waals surface area contributed by atoms with Crippen molar-refractivity contribution >= 4 is 0 Å². The van der Waals surface area contributed by atoms with Crippen LogP contribution in [0.1, 0.15) is 29.5 Å². The zero-order chi connectivity index (χ0) is 21.5. The van der Waals surface area contributed by atoms with Crippen LogP contribution in [0.4, 0.5) is 13.2 Å². The first-order chi connectivity index (χ1) is 14.5. The van der Waals surface area contributed by atoms with Crippen LogP contribution in [0.5, 0.6) is 5.75 Å². The Morgan fingerprint density at radius 3 is 2.37 bits per heavy atom. The van der Waals surface area contributed by atoms with E-state index in [1.165, 1.54) is 6.07 Å². The van der Waals surface area contributed by atoms with Crippen LogP contribution in [0.15, 0.2) is 67.3 Å². The quantitative estimate of drug-likeness (QED) is 0.267. The average Bonchev–Trinajstić information content (AvgIpc) is 2.75. The van der Waals surface area contributed by atoms with Gasteiger partial charge >= 0.3 is 0 Å². The third kappa shape index (κ3) is 5.32. The van der Waals surface area contributed by atoms with Crippen LogP contribution >= 0.6 is 0 Å². The summed E-state index contributed by atoms with van der Waals surface area (Å²) in [6.45, 7) is 5.72. The van der Waals surface area contributed by atoms with Crippen molar-refractivity contribution in [2.24, 2.45) is 0 Å². The number of halogens is 3. The van der Waals surface area contributed by atoms with Crippen molar-refractivity contribution < 1.29 is 17.9 Å². The van der Waals surface area contributed by atoms with E-state index < -0.39 is 11.6 Å². The highest BCUT2D eigenvalue weighted by Gasteiger charge is 2.11. The summed E-state index contributed by atoms with van der Waals surface area (Å²) < 4.78 is 47.8. The molecule has 0 atom stereocenters. The molecule has 0 saturated heterocycles. The smallest absolute Gasteiger partial charge is 0.162 e. The lowest BCUT2D eigenvalue weighted by molar-refractivity contribution is 0.310. The Hall–Kier alpha value is -3.01. The number of aryl methyl sites for hydroxylation is 3. The van der Waals surface area contributed by atoms with E-state index in [0.29, 0.717) is 41.9 Å². The Morgan fingerprint density at radius 1 is 0.900 bits per heavy atom. The van der Waals surface area contributed by atoms with Crippen molar-refractivity contribution in [3.05, 3.63) is 101 Å². The van der Waals surface area contributed by atoms with Gasteiger partial charge in [-0.3, -0.25) is 0 Å². The second kappa shape index (κ2) is 10.1. The fourth-order valence-corrected chi connectivity index (χ4v) is 3.25. The molecule has 0 heterocycles. The topological polar surface area (TPSA) is 9.23 Å². The predicted octanol–water partition coefficient (Wildman–Crippen LogP) is 7.21. The van der Waals surface area contributed by atoms with E-state index in [2.05, 4.69) is 6.58 Å². The van der Waals surface area contributed by atoms with E-state index in [-0.39, 0.29) is 5.82 Å². The van der Waals surface area contributed by atoms with Gasteiger partial charge in [-0.1, -0.05) is 42.5 Å². The molecule has 0 aliphatic rings. The second-order valence-electron chi connectivity index (χ2n) is 7.29. The first-order valence-corrected chi connectivity index (χ1v) is 10.1. The lowest BCUT2D eigenvalue weighted by Gasteiger charge is -2.10. The van der Waals surface area contributed by atoms with E-state index in [1.807, 2.05) is 30.3 Å². The third-order valence-corrected chi connectivity index (χ3v) is 5.07. The van der Waals surface area contributed by atoms with Gasteiger partial charge in [-0.15, -0.1) is 6.58 Å². The number of hydrogen-bond donors (Lipinski definition) is 0. The maximum atomic E-state index is 14.5. The van der Waals surface area contributed by atoms with Crippen molar-refractivity contribution in [3.8, 4) is 16.9 Å². The van der Waals surface area contributed by atoms with Gasteiger partial charge in [0.1, 0.15) is 11.6 Å². The van der Waals surface area contributed by atoms with E-state index in [0.717, 1.165) is 24.0 Å². The molecule has 0 aliphatic heterocycles. The first-order valence-electron chi connectivity index (χ1n) is 10.1. The van der Waals surface area contributed by atoms with Gasteiger partial charge in [-0.2, -0.15) is 0 Å². The highest BCUT2D eigenvalue weighted by Crippen LogP contribution is 2.27. The highest BCUT2D eigenvalue weighted by atomic mass is 19.2. The van der Waals surface area contributed by atoms with Gasteiger partial charge < -0.3 is 4.74 Å². The molecule has 0 aromatic heterocycles. The van der Waals surface area contributed by atoms with Gasteiger partial charge in [0.05, 0.1) is 6.61 Å². The van der Waals surface area contributed by atoms with Gasteiger partial charge in [0.25, 0.3) is 0 Å². The summed E-state index contributed by atoms with van der Waals surface area (Å²) in [5, 5.41) is 0. The van der Waals surface area contributed by atoms with Crippen LogP contribution in [-0.4, -0.2) is 6.61 Å². The molecule has 0 amide bonds. The average molecular weight is 410 g/mol. The molecular formula is C26H25F3O. The predicted molar refractivity (Wildman–Crippen MR) is 115 cm³/mol. The highest BCUT2D eigenvalue weighted by molar-refractivity contribution is 5.65. The van der Waals surface area contributed by atoms with Gasteiger partial charge in [0.2, 0.25) is 0 Å². The summed E-state index contributed by atoms with van der Waals surface area (Å²) in [4.78, 5) is 0. The minimum Gasteiger partial charge on any atom is -0.493 e. The Labute approximate surface area is 175 Å². The normalized spacial score (nSPS) is 10.8. The number of ether oxygens (including phenoxy) is 1. The van der Waals surface area contributed by atoms with Crippen molar-refractivity contribution in [1.82, 2.24) is 0 Å². The minimum absolute atomic E-state index is 0.302. The van der Waals surface area contributed by atoms with E-state index >= 15 is 0 Å². The summed E-state index contributed by atoms with van der Waals surface area (Å²) in [6.07, 6.45) is 4.49. The van der Waals surface area contributed by atoms with Crippen molar-refractivity contribution in [3.63, 3.8) is 0 Å². The summed E-state index contributed by atoms with van der Waals surface area (Å²) >= 11 is 0. The number of unbranched alkanes of at least 4 members (excludes halogenated alkanes) is 1. The molecule has 30 heavy (non-hydrogen) atoms. The number of rotatable bonds is 9. The maximum absolute atomic E-state index is 14.5. The molecule has 0 N–H and O–H groups in total. The SMILES string of the molecule is C=CCCCOc1ccc(-c2ccc(CCc3ccc(C)c(F)c3F)cc2)c(F)c1. The summed E-state index contributed by atoms with van der Waals surface area (Å²) in [6, 6.07) is 15.5. The number of benzene rings is 3. The summed E-state index contributed by atoms with van der Waals surface area (Å²) in [5.41, 5.74) is 2.88. The molecule has 0 radical (unpaired) electrons. The first kappa shape index (κ1) is 21.7. The monoisotopic (exact) mass is 410 g/mol. The lowest BCUT2D eigenvalue weighted by atomic mass is 9.99. The fraction of sp³-hybridized carbons (Fsp3) is 0.231. The van der Waals surface area contributed by atoms with E-state index in [1.54, 1.807) is 31.2 Å². The molecule has 156 valence electrons. The zero-order valence-electron chi connectivity index (χ0n) is 17.1. The Kier molecular flexibility index (Phi) is 7.34. The molecule has 3 aromatic rings. The summed E-state index contributed by atoms with van der Waals surface area (Å²) in [5.74, 6) is -1.41. The molecule has 3 aromatic carbocycles. The molecule has 0 fully saturated rings. The second-order valence-corrected chi connectivity index (χ2v) is 7.29. The van der Waals surface area contributed by atoms with Crippen molar-refractivity contribution in [1.29, 1.82) is 0 Å². The molecule has 0 saturated carbocycles. The molecular weight excluding hydrogens is 385 g/mol. The van der Waals surface area contributed by atoms with Crippen LogP contribution in [0.3, 0.4) is 0 Å². The van der Waals surface area contributed by atoms with E-state index in [4.69, 9.17) is 4.74 Å². The number of allylic oxidation sites excluding steroid dienone is 1. The third-order valence-electron chi connectivity index (χ3n) is 5.07. The zero-order valence-corrected chi connectivity index (χ0v) is 17.1. The number of hydrogen-bond acceptors (Lipinski definition) is 1. The van der Waals surface area contributed by atoms with Crippen LogP contribution in [0, 0.1) is 24.4 Å².